The maximum absolute atomic E-state index is 12.2. The second kappa shape index (κ2) is 8.06. The molecule has 0 bridgehead atoms. The standard InChI is InChI=1S/C19H20O5/c1-3-23-15-8-5-13(19(12-15)24-4-2)6-10-17(21)16-9-7-14(20)11-18(16)22/h5-12,20,22H,3-4H2,1-2H3. The predicted octanol–water partition coefficient (Wildman–Crippen LogP) is 3.79. The minimum Gasteiger partial charge on any atom is -0.508 e. The first-order valence-electron chi connectivity index (χ1n) is 7.69. The van der Waals surface area contributed by atoms with Crippen molar-refractivity contribution >= 4 is 11.9 Å². The van der Waals surface area contributed by atoms with E-state index >= 15 is 0 Å². The molecule has 0 aromatic heterocycles. The van der Waals surface area contributed by atoms with Crippen molar-refractivity contribution in [1.29, 1.82) is 0 Å². The van der Waals surface area contributed by atoms with Gasteiger partial charge in [0.2, 0.25) is 0 Å². The maximum atomic E-state index is 12.2. The second-order valence-electron chi connectivity index (χ2n) is 4.96. The highest BCUT2D eigenvalue weighted by molar-refractivity contribution is 6.08. The number of ketones is 1. The van der Waals surface area contributed by atoms with Gasteiger partial charge in [0.05, 0.1) is 18.8 Å². The van der Waals surface area contributed by atoms with Crippen LogP contribution in [0.4, 0.5) is 0 Å². The molecule has 0 fully saturated rings. The van der Waals surface area contributed by atoms with Crippen LogP contribution >= 0.6 is 0 Å². The van der Waals surface area contributed by atoms with Crippen molar-refractivity contribution in [2.75, 3.05) is 13.2 Å². The Bertz CT molecular complexity index is 749. The lowest BCUT2D eigenvalue weighted by Gasteiger charge is -2.10. The number of benzene rings is 2. The van der Waals surface area contributed by atoms with E-state index in [9.17, 15) is 15.0 Å². The molecule has 0 amide bonds. The van der Waals surface area contributed by atoms with Crippen LogP contribution in [0.25, 0.3) is 6.08 Å². The summed E-state index contributed by atoms with van der Waals surface area (Å²) in [6.45, 7) is 4.82. The maximum Gasteiger partial charge on any atom is 0.189 e. The van der Waals surface area contributed by atoms with E-state index in [2.05, 4.69) is 0 Å². The second-order valence-corrected chi connectivity index (χ2v) is 4.96. The van der Waals surface area contributed by atoms with Crippen LogP contribution in [0.2, 0.25) is 0 Å². The molecular weight excluding hydrogens is 308 g/mol. The first-order valence-corrected chi connectivity index (χ1v) is 7.69. The molecule has 0 saturated heterocycles. The molecule has 2 aromatic rings. The van der Waals surface area contributed by atoms with Gasteiger partial charge in [-0.1, -0.05) is 0 Å². The van der Waals surface area contributed by atoms with Crippen LogP contribution in [-0.4, -0.2) is 29.2 Å². The highest BCUT2D eigenvalue weighted by Gasteiger charge is 2.10. The van der Waals surface area contributed by atoms with Crippen molar-refractivity contribution in [1.82, 2.24) is 0 Å². The first-order chi connectivity index (χ1) is 11.5. The zero-order chi connectivity index (χ0) is 17.5. The quantitative estimate of drug-likeness (QED) is 0.597. The van der Waals surface area contributed by atoms with Gasteiger partial charge in [-0.25, -0.2) is 0 Å². The lowest BCUT2D eigenvalue weighted by molar-refractivity contribution is 0.104. The summed E-state index contributed by atoms with van der Waals surface area (Å²) in [5.41, 5.74) is 0.847. The van der Waals surface area contributed by atoms with Gasteiger partial charge in [0.25, 0.3) is 0 Å². The SMILES string of the molecule is CCOc1ccc(C=CC(=O)c2ccc(O)cc2O)c(OCC)c1. The molecule has 0 aliphatic heterocycles. The highest BCUT2D eigenvalue weighted by atomic mass is 16.5. The normalized spacial score (nSPS) is 10.8. The number of ether oxygens (including phenoxy) is 2. The van der Waals surface area contributed by atoms with E-state index in [-0.39, 0.29) is 22.8 Å². The van der Waals surface area contributed by atoms with Gasteiger partial charge in [-0.05, 0) is 50.3 Å². The van der Waals surface area contributed by atoms with Crippen molar-refractivity contribution in [3.8, 4) is 23.0 Å². The fourth-order valence-electron chi connectivity index (χ4n) is 2.17. The van der Waals surface area contributed by atoms with Gasteiger partial charge in [-0.15, -0.1) is 0 Å². The van der Waals surface area contributed by atoms with Gasteiger partial charge in [0.15, 0.2) is 5.78 Å². The number of hydrogen-bond acceptors (Lipinski definition) is 5. The molecular formula is C19H20O5. The van der Waals surface area contributed by atoms with Crippen LogP contribution in [0.15, 0.2) is 42.5 Å². The van der Waals surface area contributed by atoms with Crippen LogP contribution in [-0.2, 0) is 0 Å². The van der Waals surface area contributed by atoms with Crippen molar-refractivity contribution in [2.45, 2.75) is 13.8 Å². The molecule has 0 unspecified atom stereocenters. The Labute approximate surface area is 140 Å². The zero-order valence-corrected chi connectivity index (χ0v) is 13.7. The Kier molecular flexibility index (Phi) is 5.84. The van der Waals surface area contributed by atoms with E-state index in [1.165, 1.54) is 18.2 Å². The average molecular weight is 328 g/mol. The summed E-state index contributed by atoms with van der Waals surface area (Å²) in [6.07, 6.45) is 2.97. The first kappa shape index (κ1) is 17.4. The third-order valence-corrected chi connectivity index (χ3v) is 3.26. The fourth-order valence-corrected chi connectivity index (χ4v) is 2.17. The number of phenolic OH excluding ortho intramolecular Hbond substituents is 2. The number of allylic oxidation sites excluding steroid dienone is 1. The Morgan fingerprint density at radius 1 is 1.04 bits per heavy atom. The van der Waals surface area contributed by atoms with Crippen LogP contribution in [0, 0.1) is 0 Å². The van der Waals surface area contributed by atoms with Gasteiger partial charge in [0.1, 0.15) is 23.0 Å². The molecule has 24 heavy (non-hydrogen) atoms. The molecule has 0 aliphatic carbocycles. The largest absolute Gasteiger partial charge is 0.508 e. The molecule has 2 N–H and O–H groups in total. The summed E-state index contributed by atoms with van der Waals surface area (Å²) < 4.78 is 11.0. The average Bonchev–Trinajstić information content (AvgIpc) is 2.54. The molecule has 0 radical (unpaired) electrons. The van der Waals surface area contributed by atoms with Gasteiger partial charge in [0, 0.05) is 17.7 Å². The number of phenols is 2. The van der Waals surface area contributed by atoms with Gasteiger partial charge in [-0.3, -0.25) is 4.79 Å². The Balaban J connectivity index is 2.25. The minimum absolute atomic E-state index is 0.0989. The van der Waals surface area contributed by atoms with Gasteiger partial charge in [-0.2, -0.15) is 0 Å². The molecule has 5 heteroatoms. The summed E-state index contributed by atoms with van der Waals surface area (Å²) in [6, 6.07) is 9.23. The van der Waals surface area contributed by atoms with E-state index in [4.69, 9.17) is 9.47 Å². The topological polar surface area (TPSA) is 76.0 Å². The van der Waals surface area contributed by atoms with Crippen molar-refractivity contribution < 1.29 is 24.5 Å². The summed E-state index contributed by atoms with van der Waals surface area (Å²) in [4.78, 5) is 12.2. The van der Waals surface area contributed by atoms with Crippen LogP contribution < -0.4 is 9.47 Å². The third kappa shape index (κ3) is 4.29. The summed E-state index contributed by atoms with van der Waals surface area (Å²) in [7, 11) is 0. The molecule has 0 atom stereocenters. The third-order valence-electron chi connectivity index (χ3n) is 3.26. The highest BCUT2D eigenvalue weighted by Crippen LogP contribution is 2.27. The lowest BCUT2D eigenvalue weighted by Crippen LogP contribution is -1.98. The van der Waals surface area contributed by atoms with E-state index in [1.54, 1.807) is 24.3 Å². The van der Waals surface area contributed by atoms with Crippen LogP contribution in [0.1, 0.15) is 29.8 Å². The van der Waals surface area contributed by atoms with Crippen molar-refractivity contribution in [2.24, 2.45) is 0 Å². The smallest absolute Gasteiger partial charge is 0.189 e. The van der Waals surface area contributed by atoms with Gasteiger partial charge >= 0.3 is 0 Å². The molecule has 5 nitrogen and oxygen atoms in total. The van der Waals surface area contributed by atoms with E-state index < -0.39 is 0 Å². The summed E-state index contributed by atoms with van der Waals surface area (Å²) >= 11 is 0. The number of hydrogen-bond donors (Lipinski definition) is 2. The Morgan fingerprint density at radius 3 is 2.46 bits per heavy atom. The van der Waals surface area contributed by atoms with Crippen molar-refractivity contribution in [3.05, 3.63) is 53.6 Å². The molecule has 126 valence electrons. The van der Waals surface area contributed by atoms with E-state index in [1.807, 2.05) is 13.8 Å². The molecule has 0 saturated carbocycles. The van der Waals surface area contributed by atoms with Crippen molar-refractivity contribution in [3.63, 3.8) is 0 Å². The predicted molar refractivity (Wildman–Crippen MR) is 91.9 cm³/mol. The van der Waals surface area contributed by atoms with E-state index in [0.29, 0.717) is 24.7 Å². The molecule has 2 rings (SSSR count). The number of rotatable bonds is 7. The zero-order valence-electron chi connectivity index (χ0n) is 13.7. The molecule has 2 aromatic carbocycles. The minimum atomic E-state index is -0.371. The Morgan fingerprint density at radius 2 is 1.79 bits per heavy atom. The van der Waals surface area contributed by atoms with Gasteiger partial charge < -0.3 is 19.7 Å². The summed E-state index contributed by atoms with van der Waals surface area (Å²) in [5, 5.41) is 19.0. The fraction of sp³-hybridized carbons (Fsp3) is 0.211. The number of carbonyl (C=O) groups excluding carboxylic acids is 1. The molecule has 0 heterocycles. The lowest BCUT2D eigenvalue weighted by atomic mass is 10.1. The number of aromatic hydroxyl groups is 2. The number of carbonyl (C=O) groups is 1. The monoisotopic (exact) mass is 328 g/mol. The Hall–Kier alpha value is -2.95. The molecule has 0 spiro atoms. The molecule has 0 aliphatic rings. The van der Waals surface area contributed by atoms with Crippen LogP contribution in [0.3, 0.4) is 0 Å². The van der Waals surface area contributed by atoms with Crippen LogP contribution in [0.5, 0.6) is 23.0 Å². The summed E-state index contributed by atoms with van der Waals surface area (Å²) in [5.74, 6) is 0.575. The van der Waals surface area contributed by atoms with E-state index in [0.717, 1.165) is 11.6 Å².